The molecule has 0 amide bonds. The minimum absolute atomic E-state index is 0.331. The van der Waals surface area contributed by atoms with Crippen molar-refractivity contribution in [3.8, 4) is 5.75 Å². The summed E-state index contributed by atoms with van der Waals surface area (Å²) in [6.07, 6.45) is 1.06. The predicted molar refractivity (Wildman–Crippen MR) is 88.8 cm³/mol. The van der Waals surface area contributed by atoms with Gasteiger partial charge in [0.25, 0.3) is 0 Å². The minimum Gasteiger partial charge on any atom is -0.497 e. The highest BCUT2D eigenvalue weighted by Crippen LogP contribution is 2.24. The third-order valence-corrected chi connectivity index (χ3v) is 3.92. The van der Waals surface area contributed by atoms with Crippen molar-refractivity contribution in [3.05, 3.63) is 65.2 Å². The topological polar surface area (TPSA) is 21.3 Å². The van der Waals surface area contributed by atoms with Gasteiger partial charge in [-0.05, 0) is 43.5 Å². The number of nitrogens with one attached hydrogen (secondary N) is 1. The van der Waals surface area contributed by atoms with Crippen molar-refractivity contribution in [1.29, 1.82) is 0 Å². The summed E-state index contributed by atoms with van der Waals surface area (Å²) < 4.78 is 5.23. The second-order valence-corrected chi connectivity index (χ2v) is 5.54. The van der Waals surface area contributed by atoms with E-state index in [-0.39, 0.29) is 0 Å². The maximum Gasteiger partial charge on any atom is 0.118 e. The summed E-state index contributed by atoms with van der Waals surface area (Å²) in [7, 11) is 1.70. The van der Waals surface area contributed by atoms with Gasteiger partial charge in [0.1, 0.15) is 5.75 Å². The Kier molecular flexibility index (Phi) is 5.40. The molecule has 0 aliphatic carbocycles. The van der Waals surface area contributed by atoms with Gasteiger partial charge in [-0.1, -0.05) is 48.9 Å². The molecule has 0 bridgehead atoms. The van der Waals surface area contributed by atoms with Gasteiger partial charge in [-0.3, -0.25) is 0 Å². The van der Waals surface area contributed by atoms with Crippen LogP contribution in [-0.4, -0.2) is 7.11 Å². The van der Waals surface area contributed by atoms with Crippen molar-refractivity contribution < 1.29 is 4.74 Å². The SMILES string of the molecule is CCC(N[C@@H](C)c1cccc(C)c1)c1ccc(OC)cc1. The average molecular weight is 283 g/mol. The normalized spacial score (nSPS) is 13.7. The van der Waals surface area contributed by atoms with Gasteiger partial charge in [-0.15, -0.1) is 0 Å². The smallest absolute Gasteiger partial charge is 0.118 e. The van der Waals surface area contributed by atoms with Gasteiger partial charge < -0.3 is 10.1 Å². The van der Waals surface area contributed by atoms with E-state index in [4.69, 9.17) is 4.74 Å². The van der Waals surface area contributed by atoms with Gasteiger partial charge in [-0.2, -0.15) is 0 Å². The van der Waals surface area contributed by atoms with Gasteiger partial charge >= 0.3 is 0 Å². The molecule has 0 aliphatic rings. The Morgan fingerprint density at radius 3 is 2.33 bits per heavy atom. The number of ether oxygens (including phenoxy) is 1. The zero-order valence-electron chi connectivity index (χ0n) is 13.4. The van der Waals surface area contributed by atoms with E-state index in [1.807, 2.05) is 12.1 Å². The van der Waals surface area contributed by atoms with Crippen molar-refractivity contribution in [2.75, 3.05) is 7.11 Å². The standard InChI is InChI=1S/C19H25NO/c1-5-19(16-9-11-18(21-4)12-10-16)20-15(3)17-8-6-7-14(2)13-17/h6-13,15,19-20H,5H2,1-4H3/t15-,19?/m0/s1. The Hall–Kier alpha value is -1.80. The monoisotopic (exact) mass is 283 g/mol. The Labute approximate surface area is 128 Å². The van der Waals surface area contributed by atoms with Crippen LogP contribution < -0.4 is 10.1 Å². The van der Waals surface area contributed by atoms with Crippen LogP contribution in [0.25, 0.3) is 0 Å². The molecule has 2 nitrogen and oxygen atoms in total. The van der Waals surface area contributed by atoms with E-state index < -0.39 is 0 Å². The highest BCUT2D eigenvalue weighted by atomic mass is 16.5. The van der Waals surface area contributed by atoms with Gasteiger partial charge in [0.15, 0.2) is 0 Å². The fraction of sp³-hybridized carbons (Fsp3) is 0.368. The highest BCUT2D eigenvalue weighted by molar-refractivity contribution is 5.30. The Balaban J connectivity index is 2.10. The van der Waals surface area contributed by atoms with E-state index in [9.17, 15) is 0 Å². The molecule has 0 fully saturated rings. The second kappa shape index (κ2) is 7.28. The average Bonchev–Trinajstić information content (AvgIpc) is 2.52. The first-order valence-electron chi connectivity index (χ1n) is 7.60. The van der Waals surface area contributed by atoms with Gasteiger partial charge in [0.2, 0.25) is 0 Å². The first-order chi connectivity index (χ1) is 10.1. The molecule has 2 aromatic carbocycles. The molecule has 2 rings (SSSR count). The van der Waals surface area contributed by atoms with Crippen LogP contribution in [0.2, 0.25) is 0 Å². The molecule has 0 saturated heterocycles. The molecule has 0 heterocycles. The van der Waals surface area contributed by atoms with Gasteiger partial charge in [0.05, 0.1) is 7.11 Å². The molecule has 0 spiro atoms. The van der Waals surface area contributed by atoms with E-state index in [1.54, 1.807) is 7.11 Å². The largest absolute Gasteiger partial charge is 0.497 e. The van der Waals surface area contributed by atoms with E-state index in [1.165, 1.54) is 16.7 Å². The van der Waals surface area contributed by atoms with Crippen LogP contribution in [0.3, 0.4) is 0 Å². The van der Waals surface area contributed by atoms with Gasteiger partial charge in [0, 0.05) is 12.1 Å². The molecule has 0 saturated carbocycles. The van der Waals surface area contributed by atoms with E-state index in [2.05, 4.69) is 62.5 Å². The number of hydrogen-bond acceptors (Lipinski definition) is 2. The van der Waals surface area contributed by atoms with Crippen molar-refractivity contribution in [1.82, 2.24) is 5.32 Å². The van der Waals surface area contributed by atoms with E-state index >= 15 is 0 Å². The molecule has 2 atom stereocenters. The molecule has 2 heteroatoms. The summed E-state index contributed by atoms with van der Waals surface area (Å²) in [5.41, 5.74) is 3.94. The number of methoxy groups -OCH3 is 1. The highest BCUT2D eigenvalue weighted by Gasteiger charge is 2.14. The number of rotatable bonds is 6. The molecule has 0 radical (unpaired) electrons. The lowest BCUT2D eigenvalue weighted by Crippen LogP contribution is -2.24. The zero-order valence-corrected chi connectivity index (χ0v) is 13.4. The van der Waals surface area contributed by atoms with Crippen molar-refractivity contribution in [2.24, 2.45) is 0 Å². The maximum absolute atomic E-state index is 5.23. The Morgan fingerprint density at radius 2 is 1.76 bits per heavy atom. The maximum atomic E-state index is 5.23. The van der Waals surface area contributed by atoms with Crippen LogP contribution in [0.5, 0.6) is 5.75 Å². The lowest BCUT2D eigenvalue weighted by Gasteiger charge is -2.23. The molecule has 21 heavy (non-hydrogen) atoms. The van der Waals surface area contributed by atoms with Crippen molar-refractivity contribution >= 4 is 0 Å². The zero-order chi connectivity index (χ0) is 15.2. The van der Waals surface area contributed by atoms with Crippen molar-refractivity contribution in [3.63, 3.8) is 0 Å². The van der Waals surface area contributed by atoms with Crippen LogP contribution in [-0.2, 0) is 0 Å². The Bertz CT molecular complexity index is 562. The van der Waals surface area contributed by atoms with Crippen LogP contribution in [0.15, 0.2) is 48.5 Å². The van der Waals surface area contributed by atoms with E-state index in [0.29, 0.717) is 12.1 Å². The summed E-state index contributed by atoms with van der Waals surface area (Å²) in [4.78, 5) is 0. The van der Waals surface area contributed by atoms with Crippen molar-refractivity contribution in [2.45, 2.75) is 39.3 Å². The first kappa shape index (κ1) is 15.6. The lowest BCUT2D eigenvalue weighted by atomic mass is 10.0. The molecule has 0 aliphatic heterocycles. The molecular formula is C19H25NO. The minimum atomic E-state index is 0.331. The third-order valence-electron chi connectivity index (χ3n) is 3.92. The molecule has 112 valence electrons. The lowest BCUT2D eigenvalue weighted by molar-refractivity contribution is 0.413. The van der Waals surface area contributed by atoms with Crippen LogP contribution >= 0.6 is 0 Å². The van der Waals surface area contributed by atoms with Gasteiger partial charge in [-0.25, -0.2) is 0 Å². The van der Waals surface area contributed by atoms with Crippen LogP contribution in [0.1, 0.15) is 49.0 Å². The van der Waals surface area contributed by atoms with E-state index in [0.717, 1.165) is 12.2 Å². The van der Waals surface area contributed by atoms with Crippen LogP contribution in [0, 0.1) is 6.92 Å². The molecular weight excluding hydrogens is 258 g/mol. The predicted octanol–water partition coefficient (Wildman–Crippen LogP) is 4.81. The molecule has 2 aromatic rings. The Morgan fingerprint density at radius 1 is 1.05 bits per heavy atom. The number of benzene rings is 2. The fourth-order valence-corrected chi connectivity index (χ4v) is 2.62. The summed E-state index contributed by atoms with van der Waals surface area (Å²) in [5.74, 6) is 0.903. The summed E-state index contributed by atoms with van der Waals surface area (Å²) >= 11 is 0. The second-order valence-electron chi connectivity index (χ2n) is 5.54. The summed E-state index contributed by atoms with van der Waals surface area (Å²) in [5, 5.41) is 3.72. The summed E-state index contributed by atoms with van der Waals surface area (Å²) in [6, 6.07) is 17.7. The molecule has 1 unspecified atom stereocenters. The number of aryl methyl sites for hydroxylation is 1. The molecule has 1 N–H and O–H groups in total. The number of hydrogen-bond donors (Lipinski definition) is 1. The third kappa shape index (κ3) is 4.08. The van der Waals surface area contributed by atoms with Crippen LogP contribution in [0.4, 0.5) is 0 Å². The quantitative estimate of drug-likeness (QED) is 0.821. The summed E-state index contributed by atoms with van der Waals surface area (Å²) in [6.45, 7) is 6.57. The first-order valence-corrected chi connectivity index (χ1v) is 7.60. The molecule has 0 aromatic heterocycles. The fourth-order valence-electron chi connectivity index (χ4n) is 2.62.